The fourth-order valence-electron chi connectivity index (χ4n) is 2.31. The van der Waals surface area contributed by atoms with Gasteiger partial charge in [0.1, 0.15) is 4.88 Å². The fraction of sp³-hybridized carbons (Fsp3) is 0.200. The zero-order valence-corrected chi connectivity index (χ0v) is 12.7. The lowest BCUT2D eigenvalue weighted by molar-refractivity contribution is 0.0956. The van der Waals surface area contributed by atoms with Gasteiger partial charge in [-0.25, -0.2) is 0 Å². The van der Waals surface area contributed by atoms with Crippen molar-refractivity contribution in [2.24, 2.45) is 7.05 Å². The largest absolute Gasteiger partial charge is 0.397 e. The van der Waals surface area contributed by atoms with Gasteiger partial charge in [-0.1, -0.05) is 18.2 Å². The minimum atomic E-state index is -0.142. The molecular formula is C15H16N4OS. The highest BCUT2D eigenvalue weighted by Crippen LogP contribution is 2.33. The van der Waals surface area contributed by atoms with E-state index in [2.05, 4.69) is 10.4 Å². The number of anilines is 1. The number of rotatable bonds is 3. The molecule has 6 heteroatoms. The molecule has 2 aromatic heterocycles. The molecule has 5 nitrogen and oxygen atoms in total. The van der Waals surface area contributed by atoms with Crippen molar-refractivity contribution in [2.75, 3.05) is 5.73 Å². The molecule has 0 unspecified atom stereocenters. The van der Waals surface area contributed by atoms with Crippen LogP contribution in [0.4, 0.5) is 5.69 Å². The number of amides is 1. The quantitative estimate of drug-likeness (QED) is 0.780. The van der Waals surface area contributed by atoms with E-state index in [9.17, 15) is 4.79 Å². The molecule has 0 aliphatic carbocycles. The highest BCUT2D eigenvalue weighted by molar-refractivity contribution is 7.21. The van der Waals surface area contributed by atoms with Crippen LogP contribution in [0, 0.1) is 6.92 Å². The second kappa shape index (κ2) is 5.21. The number of nitrogens with zero attached hydrogens (tertiary/aromatic N) is 2. The van der Waals surface area contributed by atoms with Crippen molar-refractivity contribution in [1.29, 1.82) is 0 Å². The van der Waals surface area contributed by atoms with Crippen molar-refractivity contribution in [3.63, 3.8) is 0 Å². The number of thiophene rings is 1. The van der Waals surface area contributed by atoms with Crippen LogP contribution in [0.5, 0.6) is 0 Å². The molecule has 0 aliphatic heterocycles. The number of aromatic nitrogens is 2. The minimum absolute atomic E-state index is 0.142. The second-order valence-corrected chi connectivity index (χ2v) is 5.99. The van der Waals surface area contributed by atoms with Gasteiger partial charge in [-0.15, -0.1) is 11.3 Å². The standard InChI is InChI=1S/C15H16N4OS/c1-9-10(8-19(2)18-9)7-17-15(20)14-13(16)11-5-3-4-6-12(11)21-14/h3-6,8H,7,16H2,1-2H3,(H,17,20). The van der Waals surface area contributed by atoms with Gasteiger partial charge in [-0.3, -0.25) is 9.48 Å². The number of nitrogens with two attached hydrogens (primary N) is 1. The zero-order chi connectivity index (χ0) is 15.0. The van der Waals surface area contributed by atoms with Crippen molar-refractivity contribution in [3.05, 3.63) is 46.6 Å². The van der Waals surface area contributed by atoms with Crippen molar-refractivity contribution < 1.29 is 4.79 Å². The average Bonchev–Trinajstić information content (AvgIpc) is 2.97. The Morgan fingerprint density at radius 1 is 1.43 bits per heavy atom. The summed E-state index contributed by atoms with van der Waals surface area (Å²) in [7, 11) is 1.86. The van der Waals surface area contributed by atoms with Crippen LogP contribution in [0.1, 0.15) is 20.9 Å². The first kappa shape index (κ1) is 13.6. The highest BCUT2D eigenvalue weighted by atomic mass is 32.1. The molecule has 21 heavy (non-hydrogen) atoms. The van der Waals surface area contributed by atoms with Crippen molar-refractivity contribution in [1.82, 2.24) is 15.1 Å². The molecule has 3 aromatic rings. The van der Waals surface area contributed by atoms with Crippen molar-refractivity contribution in [3.8, 4) is 0 Å². The topological polar surface area (TPSA) is 72.9 Å². The van der Waals surface area contributed by atoms with E-state index in [1.165, 1.54) is 11.3 Å². The Labute approximate surface area is 126 Å². The third kappa shape index (κ3) is 2.50. The monoisotopic (exact) mass is 300 g/mol. The van der Waals surface area contributed by atoms with Crippen LogP contribution in [0.3, 0.4) is 0 Å². The Hall–Kier alpha value is -2.34. The molecule has 0 atom stereocenters. The fourth-order valence-corrected chi connectivity index (χ4v) is 3.35. The van der Waals surface area contributed by atoms with Gasteiger partial charge in [0.25, 0.3) is 5.91 Å². The van der Waals surface area contributed by atoms with Gasteiger partial charge in [-0.05, 0) is 13.0 Å². The van der Waals surface area contributed by atoms with E-state index < -0.39 is 0 Å². The number of nitrogens with one attached hydrogen (secondary N) is 1. The molecule has 0 saturated heterocycles. The van der Waals surface area contributed by atoms with Crippen molar-refractivity contribution in [2.45, 2.75) is 13.5 Å². The van der Waals surface area contributed by atoms with Gasteiger partial charge < -0.3 is 11.1 Å². The number of fused-ring (bicyclic) bond motifs is 1. The maximum Gasteiger partial charge on any atom is 0.263 e. The molecule has 0 saturated carbocycles. The number of carbonyl (C=O) groups is 1. The summed E-state index contributed by atoms with van der Waals surface area (Å²) in [5.41, 5.74) is 8.55. The number of hydrogen-bond acceptors (Lipinski definition) is 4. The maximum absolute atomic E-state index is 12.3. The normalized spacial score (nSPS) is 11.0. The summed E-state index contributed by atoms with van der Waals surface area (Å²) in [4.78, 5) is 12.9. The first-order valence-corrected chi connectivity index (χ1v) is 7.42. The zero-order valence-electron chi connectivity index (χ0n) is 11.9. The Morgan fingerprint density at radius 2 is 2.19 bits per heavy atom. The second-order valence-electron chi connectivity index (χ2n) is 4.94. The van der Waals surface area contributed by atoms with E-state index in [1.54, 1.807) is 4.68 Å². The molecule has 3 rings (SSSR count). The van der Waals surface area contributed by atoms with E-state index in [4.69, 9.17) is 5.73 Å². The van der Waals surface area contributed by atoms with Gasteiger partial charge in [0.05, 0.1) is 11.4 Å². The molecule has 1 amide bonds. The summed E-state index contributed by atoms with van der Waals surface area (Å²) in [6, 6.07) is 7.77. The van der Waals surface area contributed by atoms with Crippen molar-refractivity contribution >= 4 is 33.0 Å². The van der Waals surface area contributed by atoms with Gasteiger partial charge in [-0.2, -0.15) is 5.10 Å². The molecule has 1 aromatic carbocycles. The third-order valence-corrected chi connectivity index (χ3v) is 4.58. The van der Waals surface area contributed by atoms with E-state index in [0.717, 1.165) is 21.3 Å². The summed E-state index contributed by atoms with van der Waals surface area (Å²) in [5.74, 6) is -0.142. The summed E-state index contributed by atoms with van der Waals surface area (Å²) in [6.07, 6.45) is 1.91. The lowest BCUT2D eigenvalue weighted by Crippen LogP contribution is -2.22. The molecule has 108 valence electrons. The Balaban J connectivity index is 1.81. The first-order valence-electron chi connectivity index (χ1n) is 6.60. The smallest absolute Gasteiger partial charge is 0.263 e. The predicted molar refractivity (Wildman–Crippen MR) is 85.4 cm³/mol. The number of hydrogen-bond donors (Lipinski definition) is 2. The number of benzene rings is 1. The van der Waals surface area contributed by atoms with E-state index in [-0.39, 0.29) is 5.91 Å². The predicted octanol–water partition coefficient (Wildman–Crippen LogP) is 2.46. The van der Waals surface area contributed by atoms with Crippen LogP contribution < -0.4 is 11.1 Å². The molecule has 0 bridgehead atoms. The lowest BCUT2D eigenvalue weighted by atomic mass is 10.2. The Morgan fingerprint density at radius 3 is 2.86 bits per heavy atom. The number of nitrogen functional groups attached to an aromatic ring is 1. The summed E-state index contributed by atoms with van der Waals surface area (Å²) >= 11 is 1.42. The molecular weight excluding hydrogens is 284 g/mol. The molecule has 0 spiro atoms. The molecule has 3 N–H and O–H groups in total. The summed E-state index contributed by atoms with van der Waals surface area (Å²) < 4.78 is 2.77. The third-order valence-electron chi connectivity index (χ3n) is 3.39. The molecule has 0 fully saturated rings. The van der Waals surface area contributed by atoms with Crippen LogP contribution in [-0.2, 0) is 13.6 Å². The van der Waals surface area contributed by atoms with Crippen LogP contribution in [0.15, 0.2) is 30.5 Å². The highest BCUT2D eigenvalue weighted by Gasteiger charge is 2.16. The molecule has 2 heterocycles. The van der Waals surface area contributed by atoms with Crippen LogP contribution >= 0.6 is 11.3 Å². The SMILES string of the molecule is Cc1nn(C)cc1CNC(=O)c1sc2ccccc2c1N. The summed E-state index contributed by atoms with van der Waals surface area (Å²) in [5, 5.41) is 8.10. The van der Waals surface area contributed by atoms with Gasteiger partial charge in [0, 0.05) is 35.4 Å². The van der Waals surface area contributed by atoms with E-state index in [0.29, 0.717) is 17.1 Å². The maximum atomic E-state index is 12.3. The van der Waals surface area contributed by atoms with Gasteiger partial charge in [0.15, 0.2) is 0 Å². The Bertz CT molecular complexity index is 818. The Kier molecular flexibility index (Phi) is 3.39. The number of carbonyl (C=O) groups excluding carboxylic acids is 1. The van der Waals surface area contributed by atoms with Gasteiger partial charge >= 0.3 is 0 Å². The average molecular weight is 300 g/mol. The van der Waals surface area contributed by atoms with Crippen LogP contribution in [0.2, 0.25) is 0 Å². The first-order chi connectivity index (χ1) is 10.1. The number of aryl methyl sites for hydroxylation is 2. The van der Waals surface area contributed by atoms with E-state index in [1.807, 2.05) is 44.4 Å². The van der Waals surface area contributed by atoms with Gasteiger partial charge in [0.2, 0.25) is 0 Å². The molecule has 0 radical (unpaired) electrons. The summed E-state index contributed by atoms with van der Waals surface area (Å²) in [6.45, 7) is 2.38. The lowest BCUT2D eigenvalue weighted by Gasteiger charge is -2.03. The van der Waals surface area contributed by atoms with Crippen LogP contribution in [0.25, 0.3) is 10.1 Å². The molecule has 0 aliphatic rings. The minimum Gasteiger partial charge on any atom is -0.397 e. The van der Waals surface area contributed by atoms with Crippen LogP contribution in [-0.4, -0.2) is 15.7 Å². The van der Waals surface area contributed by atoms with E-state index >= 15 is 0 Å².